The van der Waals surface area contributed by atoms with Gasteiger partial charge in [0.15, 0.2) is 0 Å². The van der Waals surface area contributed by atoms with Crippen molar-refractivity contribution < 1.29 is 4.74 Å². The van der Waals surface area contributed by atoms with Crippen molar-refractivity contribution in [2.75, 3.05) is 13.6 Å². The maximum absolute atomic E-state index is 6.34. The Bertz CT molecular complexity index is 388. The quantitative estimate of drug-likeness (QED) is 0.871. The van der Waals surface area contributed by atoms with Crippen molar-refractivity contribution in [3.63, 3.8) is 0 Å². The summed E-state index contributed by atoms with van der Waals surface area (Å²) in [7, 11) is 1.98. The second-order valence-electron chi connectivity index (χ2n) is 5.62. The molecule has 2 nitrogen and oxygen atoms in total. The molecular formula is C16H24BrNO. The van der Waals surface area contributed by atoms with E-state index in [4.69, 9.17) is 4.74 Å². The highest BCUT2D eigenvalue weighted by Crippen LogP contribution is 2.30. The second-order valence-corrected chi connectivity index (χ2v) is 6.53. The molecule has 19 heavy (non-hydrogen) atoms. The number of hydrogen-bond acceptors (Lipinski definition) is 2. The Morgan fingerprint density at radius 2 is 2.05 bits per heavy atom. The van der Waals surface area contributed by atoms with Crippen LogP contribution < -0.4 is 5.32 Å². The van der Waals surface area contributed by atoms with Crippen molar-refractivity contribution in [1.82, 2.24) is 5.32 Å². The Morgan fingerprint density at radius 3 is 2.68 bits per heavy atom. The Hall–Kier alpha value is -0.380. The van der Waals surface area contributed by atoms with Gasteiger partial charge in [0.2, 0.25) is 0 Å². The van der Waals surface area contributed by atoms with Crippen LogP contribution in [0.2, 0.25) is 0 Å². The molecule has 106 valence electrons. The minimum atomic E-state index is 0.154. The summed E-state index contributed by atoms with van der Waals surface area (Å²) in [5, 5.41) is 3.24. The average molecular weight is 326 g/mol. The fourth-order valence-corrected chi connectivity index (χ4v) is 3.15. The molecule has 1 atom stereocenters. The molecule has 2 rings (SSSR count). The lowest BCUT2D eigenvalue weighted by molar-refractivity contribution is -0.0356. The van der Waals surface area contributed by atoms with Crippen molar-refractivity contribution in [2.45, 2.75) is 44.8 Å². The lowest BCUT2D eigenvalue weighted by Crippen LogP contribution is -2.27. The van der Waals surface area contributed by atoms with Crippen LogP contribution in [0.25, 0.3) is 0 Å². The van der Waals surface area contributed by atoms with E-state index in [0.717, 1.165) is 16.9 Å². The molecule has 1 aliphatic rings. The van der Waals surface area contributed by atoms with Gasteiger partial charge in [0.05, 0.1) is 12.2 Å². The molecule has 0 bridgehead atoms. The predicted octanol–water partition coefficient (Wildman–Crippen LogP) is 4.30. The third-order valence-electron chi connectivity index (χ3n) is 3.93. The van der Waals surface area contributed by atoms with Crippen molar-refractivity contribution in [3.05, 3.63) is 34.3 Å². The normalized spacial score (nSPS) is 25.2. The lowest BCUT2D eigenvalue weighted by Gasteiger charge is -2.30. The first-order valence-corrected chi connectivity index (χ1v) is 8.04. The van der Waals surface area contributed by atoms with Gasteiger partial charge in [0.25, 0.3) is 0 Å². The zero-order valence-electron chi connectivity index (χ0n) is 11.9. The lowest BCUT2D eigenvalue weighted by atomic mass is 9.89. The fourth-order valence-electron chi connectivity index (χ4n) is 2.73. The number of rotatable bonds is 5. The van der Waals surface area contributed by atoms with Gasteiger partial charge in [0.1, 0.15) is 0 Å². The Balaban J connectivity index is 1.99. The predicted molar refractivity (Wildman–Crippen MR) is 83.3 cm³/mol. The first-order valence-electron chi connectivity index (χ1n) is 7.24. The molecule has 0 amide bonds. The third kappa shape index (κ3) is 4.59. The van der Waals surface area contributed by atoms with Gasteiger partial charge in [-0.15, -0.1) is 0 Å². The number of nitrogens with one attached hydrogen (secondary N) is 1. The molecule has 1 aliphatic carbocycles. The smallest absolute Gasteiger partial charge is 0.0953 e. The topological polar surface area (TPSA) is 21.3 Å². The van der Waals surface area contributed by atoms with Crippen LogP contribution in [0.15, 0.2) is 28.7 Å². The van der Waals surface area contributed by atoms with E-state index in [1.165, 1.54) is 31.2 Å². The van der Waals surface area contributed by atoms with Crippen molar-refractivity contribution >= 4 is 15.9 Å². The number of ether oxygens (including phenoxy) is 1. The second kappa shape index (κ2) is 7.41. The van der Waals surface area contributed by atoms with Gasteiger partial charge in [0, 0.05) is 11.0 Å². The van der Waals surface area contributed by atoms with Gasteiger partial charge in [-0.2, -0.15) is 0 Å². The van der Waals surface area contributed by atoms with E-state index >= 15 is 0 Å². The summed E-state index contributed by atoms with van der Waals surface area (Å²) in [5.74, 6) is 0.869. The minimum Gasteiger partial charge on any atom is -0.369 e. The number of likely N-dealkylation sites (N-methyl/N-ethyl adjacent to an activating group) is 1. The molecule has 0 heterocycles. The highest BCUT2D eigenvalue weighted by atomic mass is 79.9. The molecule has 0 aromatic heterocycles. The molecule has 0 aliphatic heterocycles. The molecule has 1 saturated carbocycles. The highest BCUT2D eigenvalue weighted by Gasteiger charge is 2.22. The van der Waals surface area contributed by atoms with E-state index in [9.17, 15) is 0 Å². The van der Waals surface area contributed by atoms with Crippen LogP contribution in [0.4, 0.5) is 0 Å². The van der Waals surface area contributed by atoms with E-state index in [1.54, 1.807) is 0 Å². The Labute approximate surface area is 125 Å². The number of halogens is 1. The van der Waals surface area contributed by atoms with Crippen LogP contribution in [-0.2, 0) is 4.74 Å². The zero-order valence-corrected chi connectivity index (χ0v) is 13.4. The molecule has 0 radical (unpaired) electrons. The first-order chi connectivity index (χ1) is 9.19. The minimum absolute atomic E-state index is 0.154. The summed E-state index contributed by atoms with van der Waals surface area (Å²) < 4.78 is 7.46. The monoisotopic (exact) mass is 325 g/mol. The molecule has 0 spiro atoms. The van der Waals surface area contributed by atoms with Gasteiger partial charge in [-0.25, -0.2) is 0 Å². The summed E-state index contributed by atoms with van der Waals surface area (Å²) in [4.78, 5) is 0. The van der Waals surface area contributed by atoms with Crippen LogP contribution in [0, 0.1) is 5.92 Å². The standard InChI is InChI=1S/C16H24BrNO/c1-12-6-8-15(9-7-12)19-16(11-18-2)13-4-3-5-14(17)10-13/h3-5,10,12,15-16,18H,6-9,11H2,1-2H3. The van der Waals surface area contributed by atoms with Gasteiger partial charge < -0.3 is 10.1 Å². The number of hydrogen-bond donors (Lipinski definition) is 1. The highest BCUT2D eigenvalue weighted by molar-refractivity contribution is 9.10. The fraction of sp³-hybridized carbons (Fsp3) is 0.625. The maximum atomic E-state index is 6.34. The summed E-state index contributed by atoms with van der Waals surface area (Å²) in [5.41, 5.74) is 1.25. The van der Waals surface area contributed by atoms with Crippen LogP contribution >= 0.6 is 15.9 Å². The summed E-state index contributed by atoms with van der Waals surface area (Å²) in [6.07, 6.45) is 5.59. The Kier molecular flexibility index (Phi) is 5.86. The average Bonchev–Trinajstić information content (AvgIpc) is 2.41. The molecule has 1 aromatic carbocycles. The molecule has 1 N–H and O–H groups in total. The summed E-state index contributed by atoms with van der Waals surface area (Å²) >= 11 is 3.54. The van der Waals surface area contributed by atoms with Crippen molar-refractivity contribution in [2.24, 2.45) is 5.92 Å². The van der Waals surface area contributed by atoms with Crippen LogP contribution in [0.3, 0.4) is 0 Å². The van der Waals surface area contributed by atoms with Crippen LogP contribution in [-0.4, -0.2) is 19.7 Å². The van der Waals surface area contributed by atoms with Gasteiger partial charge in [-0.1, -0.05) is 35.0 Å². The van der Waals surface area contributed by atoms with Crippen LogP contribution in [0.5, 0.6) is 0 Å². The number of benzene rings is 1. The van der Waals surface area contributed by atoms with Crippen molar-refractivity contribution in [3.8, 4) is 0 Å². The van der Waals surface area contributed by atoms with Gasteiger partial charge >= 0.3 is 0 Å². The summed E-state index contributed by atoms with van der Waals surface area (Å²) in [6.45, 7) is 3.21. The third-order valence-corrected chi connectivity index (χ3v) is 4.42. The van der Waals surface area contributed by atoms with E-state index < -0.39 is 0 Å². The zero-order chi connectivity index (χ0) is 13.7. The van der Waals surface area contributed by atoms with E-state index in [2.05, 4.69) is 52.4 Å². The van der Waals surface area contributed by atoms with Crippen molar-refractivity contribution in [1.29, 1.82) is 0 Å². The SMILES string of the molecule is CNCC(OC1CCC(C)CC1)c1cccc(Br)c1. The maximum Gasteiger partial charge on any atom is 0.0953 e. The Morgan fingerprint density at radius 1 is 1.32 bits per heavy atom. The largest absolute Gasteiger partial charge is 0.369 e. The van der Waals surface area contributed by atoms with E-state index in [1.807, 2.05) is 7.05 Å². The van der Waals surface area contributed by atoms with Crippen LogP contribution in [0.1, 0.15) is 44.3 Å². The molecule has 1 unspecified atom stereocenters. The molecule has 0 saturated heterocycles. The summed E-state index contributed by atoms with van der Waals surface area (Å²) in [6, 6.07) is 8.45. The van der Waals surface area contributed by atoms with Gasteiger partial charge in [-0.05, 0) is 56.3 Å². The van der Waals surface area contributed by atoms with E-state index in [0.29, 0.717) is 6.10 Å². The molecule has 1 aromatic rings. The molecule has 3 heteroatoms. The first kappa shape index (κ1) is 15.0. The van der Waals surface area contributed by atoms with E-state index in [-0.39, 0.29) is 6.10 Å². The van der Waals surface area contributed by atoms with Gasteiger partial charge in [-0.3, -0.25) is 0 Å². The molecular weight excluding hydrogens is 302 g/mol. The molecule has 1 fully saturated rings.